The summed E-state index contributed by atoms with van der Waals surface area (Å²) >= 11 is 5.79. The van der Waals surface area contributed by atoms with E-state index in [4.69, 9.17) is 16.1 Å². The third-order valence-corrected chi connectivity index (χ3v) is 3.83. The molecule has 8 heteroatoms. The van der Waals surface area contributed by atoms with E-state index in [0.717, 1.165) is 5.69 Å². The molecule has 0 amide bonds. The summed E-state index contributed by atoms with van der Waals surface area (Å²) in [6.45, 7) is 0. The van der Waals surface area contributed by atoms with Gasteiger partial charge in [-0.3, -0.25) is 0 Å². The summed E-state index contributed by atoms with van der Waals surface area (Å²) in [7, 11) is 0. The molecule has 0 saturated heterocycles. The number of aryl methyl sites for hydroxylation is 2. The van der Waals surface area contributed by atoms with E-state index < -0.39 is 18.0 Å². The van der Waals surface area contributed by atoms with Gasteiger partial charge in [0.15, 0.2) is 5.82 Å². The Morgan fingerprint density at radius 3 is 2.73 bits per heavy atom. The lowest BCUT2D eigenvalue weighted by atomic mass is 10.2. The average molecular weight is 332 g/mol. The predicted octanol–water partition coefficient (Wildman–Crippen LogP) is 3.96. The maximum atomic E-state index is 12.5. The highest BCUT2D eigenvalue weighted by atomic mass is 35.5. The van der Waals surface area contributed by atoms with Gasteiger partial charge in [-0.1, -0.05) is 22.8 Å². The second-order valence-electron chi connectivity index (χ2n) is 5.34. The zero-order valence-corrected chi connectivity index (χ0v) is 12.2. The molecule has 0 aromatic carbocycles. The molecule has 2 atom stereocenters. The predicted molar refractivity (Wildman–Crippen MR) is 72.5 cm³/mol. The van der Waals surface area contributed by atoms with Crippen molar-refractivity contribution >= 4 is 11.6 Å². The molecule has 118 valence electrons. The fourth-order valence-electron chi connectivity index (χ4n) is 2.37. The summed E-state index contributed by atoms with van der Waals surface area (Å²) in [5.74, 6) is -1.44. The van der Waals surface area contributed by atoms with Gasteiger partial charge < -0.3 is 4.52 Å². The number of pyridine rings is 1. The van der Waals surface area contributed by atoms with Crippen molar-refractivity contribution in [2.24, 2.45) is 5.92 Å². The molecule has 0 spiro atoms. The molecular formula is C14H13ClF3N3O. The van der Waals surface area contributed by atoms with Crippen LogP contribution in [0.2, 0.25) is 5.15 Å². The first kappa shape index (κ1) is 15.3. The molecule has 2 heterocycles. The van der Waals surface area contributed by atoms with Gasteiger partial charge in [0.1, 0.15) is 5.15 Å². The Labute approximate surface area is 129 Å². The lowest BCUT2D eigenvalue weighted by molar-refractivity contribution is -0.148. The third kappa shape index (κ3) is 3.58. The molecule has 1 aliphatic rings. The fraction of sp³-hybridized carbons (Fsp3) is 0.500. The van der Waals surface area contributed by atoms with Gasteiger partial charge in [0.2, 0.25) is 5.89 Å². The van der Waals surface area contributed by atoms with E-state index in [2.05, 4.69) is 15.1 Å². The van der Waals surface area contributed by atoms with Crippen LogP contribution >= 0.6 is 11.6 Å². The highest BCUT2D eigenvalue weighted by Gasteiger charge is 2.58. The van der Waals surface area contributed by atoms with E-state index >= 15 is 0 Å². The molecule has 0 N–H and O–H groups in total. The molecule has 0 radical (unpaired) electrons. The van der Waals surface area contributed by atoms with E-state index in [1.54, 1.807) is 6.07 Å². The topological polar surface area (TPSA) is 51.8 Å². The van der Waals surface area contributed by atoms with Crippen LogP contribution in [0, 0.1) is 5.92 Å². The van der Waals surface area contributed by atoms with Crippen LogP contribution in [-0.2, 0) is 12.8 Å². The Kier molecular flexibility index (Phi) is 4.08. The Morgan fingerprint density at radius 2 is 2.05 bits per heavy atom. The SMILES string of the molecule is FC(F)(F)[C@@H]1C[C@H]1c1noc(CCCc2cccc(Cl)n2)n1. The summed E-state index contributed by atoms with van der Waals surface area (Å²) in [5, 5.41) is 4.09. The number of hydrogen-bond donors (Lipinski definition) is 0. The second kappa shape index (κ2) is 5.87. The van der Waals surface area contributed by atoms with Crippen LogP contribution < -0.4 is 0 Å². The first-order valence-electron chi connectivity index (χ1n) is 6.94. The monoisotopic (exact) mass is 331 g/mol. The van der Waals surface area contributed by atoms with Crippen molar-refractivity contribution in [2.45, 2.75) is 37.8 Å². The van der Waals surface area contributed by atoms with Gasteiger partial charge in [-0.05, 0) is 31.4 Å². The summed E-state index contributed by atoms with van der Waals surface area (Å²) in [4.78, 5) is 8.22. The second-order valence-corrected chi connectivity index (χ2v) is 5.73. The first-order chi connectivity index (χ1) is 10.4. The number of aromatic nitrogens is 3. The molecule has 0 unspecified atom stereocenters. The normalized spacial score (nSPS) is 21.1. The standard InChI is InChI=1S/C14H13ClF3N3O/c15-11-5-1-3-8(19-11)4-2-6-12-20-13(21-22-12)9-7-10(9)14(16,17)18/h1,3,5,9-10H,2,4,6-7H2/t9-,10-/m1/s1. The number of alkyl halides is 3. The van der Waals surface area contributed by atoms with Crippen LogP contribution in [0.5, 0.6) is 0 Å². The van der Waals surface area contributed by atoms with Crippen LogP contribution in [0.25, 0.3) is 0 Å². The highest BCUT2D eigenvalue weighted by Crippen LogP contribution is 2.55. The lowest BCUT2D eigenvalue weighted by Crippen LogP contribution is -2.11. The third-order valence-electron chi connectivity index (χ3n) is 3.62. The fourth-order valence-corrected chi connectivity index (χ4v) is 2.55. The molecule has 2 aromatic rings. The molecule has 3 rings (SSSR count). The van der Waals surface area contributed by atoms with Gasteiger partial charge in [-0.25, -0.2) is 4.98 Å². The van der Waals surface area contributed by atoms with E-state index in [0.29, 0.717) is 30.3 Å². The van der Waals surface area contributed by atoms with Crippen molar-refractivity contribution in [3.05, 3.63) is 40.8 Å². The molecular weight excluding hydrogens is 319 g/mol. The maximum Gasteiger partial charge on any atom is 0.392 e. The van der Waals surface area contributed by atoms with Gasteiger partial charge in [-0.2, -0.15) is 18.2 Å². The van der Waals surface area contributed by atoms with Crippen LogP contribution in [-0.4, -0.2) is 21.3 Å². The van der Waals surface area contributed by atoms with Crippen LogP contribution in [0.3, 0.4) is 0 Å². The molecule has 1 fully saturated rings. The molecule has 4 nitrogen and oxygen atoms in total. The Hall–Kier alpha value is -1.63. The van der Waals surface area contributed by atoms with E-state index in [1.807, 2.05) is 12.1 Å². The quantitative estimate of drug-likeness (QED) is 0.778. The van der Waals surface area contributed by atoms with Crippen molar-refractivity contribution in [1.29, 1.82) is 0 Å². The Morgan fingerprint density at radius 1 is 1.23 bits per heavy atom. The van der Waals surface area contributed by atoms with Crippen molar-refractivity contribution in [2.75, 3.05) is 0 Å². The summed E-state index contributed by atoms with van der Waals surface area (Å²) < 4.78 is 42.5. The highest BCUT2D eigenvalue weighted by molar-refractivity contribution is 6.29. The molecule has 0 bridgehead atoms. The van der Waals surface area contributed by atoms with E-state index in [9.17, 15) is 13.2 Å². The van der Waals surface area contributed by atoms with Crippen LogP contribution in [0.1, 0.15) is 36.2 Å². The van der Waals surface area contributed by atoms with Gasteiger partial charge in [0, 0.05) is 18.0 Å². The van der Waals surface area contributed by atoms with Gasteiger partial charge in [0.25, 0.3) is 0 Å². The van der Waals surface area contributed by atoms with E-state index in [1.165, 1.54) is 0 Å². The van der Waals surface area contributed by atoms with E-state index in [-0.39, 0.29) is 12.2 Å². The summed E-state index contributed by atoms with van der Waals surface area (Å²) in [6.07, 6.45) is -2.22. The average Bonchev–Trinajstić information content (AvgIpc) is 3.13. The summed E-state index contributed by atoms with van der Waals surface area (Å²) in [5.41, 5.74) is 0.853. The Bertz CT molecular complexity index is 659. The molecule has 1 saturated carbocycles. The molecule has 1 aliphatic carbocycles. The molecule has 2 aromatic heterocycles. The van der Waals surface area contributed by atoms with Crippen molar-refractivity contribution in [3.8, 4) is 0 Å². The number of halogens is 4. The van der Waals surface area contributed by atoms with Crippen molar-refractivity contribution in [3.63, 3.8) is 0 Å². The zero-order chi connectivity index (χ0) is 15.7. The smallest absolute Gasteiger partial charge is 0.339 e. The maximum absolute atomic E-state index is 12.5. The largest absolute Gasteiger partial charge is 0.392 e. The van der Waals surface area contributed by atoms with Gasteiger partial charge in [-0.15, -0.1) is 0 Å². The van der Waals surface area contributed by atoms with Crippen molar-refractivity contribution in [1.82, 2.24) is 15.1 Å². The molecule has 22 heavy (non-hydrogen) atoms. The van der Waals surface area contributed by atoms with Gasteiger partial charge in [0.05, 0.1) is 5.92 Å². The molecule has 0 aliphatic heterocycles. The summed E-state index contributed by atoms with van der Waals surface area (Å²) in [6, 6.07) is 5.38. The van der Waals surface area contributed by atoms with Crippen LogP contribution in [0.4, 0.5) is 13.2 Å². The van der Waals surface area contributed by atoms with Crippen molar-refractivity contribution < 1.29 is 17.7 Å². The first-order valence-corrected chi connectivity index (χ1v) is 7.32. The minimum atomic E-state index is -4.18. The Balaban J connectivity index is 1.51. The minimum Gasteiger partial charge on any atom is -0.339 e. The minimum absolute atomic E-state index is 0.0505. The number of rotatable bonds is 5. The zero-order valence-electron chi connectivity index (χ0n) is 11.5. The lowest BCUT2D eigenvalue weighted by Gasteiger charge is -2.02. The van der Waals surface area contributed by atoms with Crippen LogP contribution in [0.15, 0.2) is 22.7 Å². The number of nitrogens with zero attached hydrogens (tertiary/aromatic N) is 3. The number of hydrogen-bond acceptors (Lipinski definition) is 4. The van der Waals surface area contributed by atoms with Gasteiger partial charge >= 0.3 is 6.18 Å².